The second-order valence-corrected chi connectivity index (χ2v) is 4.49. The van der Waals surface area contributed by atoms with E-state index in [4.69, 9.17) is 4.74 Å². The summed E-state index contributed by atoms with van der Waals surface area (Å²) in [5.74, 6) is 0.294. The molecule has 1 aromatic rings. The monoisotopic (exact) mass is 206 g/mol. The van der Waals surface area contributed by atoms with Crippen molar-refractivity contribution < 1.29 is 9.13 Å². The molecule has 0 saturated heterocycles. The van der Waals surface area contributed by atoms with Crippen molar-refractivity contribution in [2.75, 3.05) is 6.61 Å². The molecule has 0 atom stereocenters. The molecular weight excluding hydrogens is 190 g/mol. The van der Waals surface area contributed by atoms with E-state index in [-0.39, 0.29) is 5.82 Å². The first kappa shape index (κ1) is 10.5. The van der Waals surface area contributed by atoms with Crippen LogP contribution in [0.1, 0.15) is 17.5 Å². The standard InChI is InChI=1S/C12H16BFO/c1-8-9-5-4-6-15-12(9)11(14)7-10(8)13(2)3/h7H,4-6H2,1-3H3. The molecule has 0 N–H and O–H groups in total. The minimum absolute atomic E-state index is 0.195. The van der Waals surface area contributed by atoms with Crippen LogP contribution in [0.2, 0.25) is 13.6 Å². The largest absolute Gasteiger partial charge is 0.490 e. The van der Waals surface area contributed by atoms with E-state index < -0.39 is 0 Å². The van der Waals surface area contributed by atoms with E-state index in [2.05, 4.69) is 20.6 Å². The Balaban J connectivity index is 2.59. The summed E-state index contributed by atoms with van der Waals surface area (Å²) in [6.07, 6.45) is 1.94. The molecule has 0 fully saturated rings. The fourth-order valence-electron chi connectivity index (χ4n) is 2.28. The SMILES string of the molecule is CB(C)c1cc(F)c2c(c1C)CCCO2. The van der Waals surface area contributed by atoms with Crippen LogP contribution in [0.4, 0.5) is 4.39 Å². The normalized spacial score (nSPS) is 14.4. The predicted molar refractivity (Wildman–Crippen MR) is 62.1 cm³/mol. The highest BCUT2D eigenvalue weighted by Gasteiger charge is 2.21. The number of hydrogen-bond donors (Lipinski definition) is 0. The highest BCUT2D eigenvalue weighted by molar-refractivity contribution is 6.71. The molecule has 0 saturated carbocycles. The summed E-state index contributed by atoms with van der Waals surface area (Å²) < 4.78 is 19.1. The Morgan fingerprint density at radius 3 is 2.80 bits per heavy atom. The van der Waals surface area contributed by atoms with Crippen molar-refractivity contribution in [2.24, 2.45) is 0 Å². The molecular formula is C12H16BFO. The molecule has 0 amide bonds. The van der Waals surface area contributed by atoms with Crippen LogP contribution in [0, 0.1) is 12.7 Å². The number of rotatable bonds is 1. The molecule has 1 aliphatic rings. The van der Waals surface area contributed by atoms with Gasteiger partial charge in [-0.2, -0.15) is 0 Å². The predicted octanol–water partition coefficient (Wildman–Crippen LogP) is 2.42. The van der Waals surface area contributed by atoms with Gasteiger partial charge in [-0.1, -0.05) is 19.1 Å². The number of ether oxygens (including phenoxy) is 1. The zero-order valence-corrected chi connectivity index (χ0v) is 9.56. The van der Waals surface area contributed by atoms with Crippen LogP contribution in [-0.4, -0.2) is 13.3 Å². The number of hydrogen-bond acceptors (Lipinski definition) is 1. The molecule has 15 heavy (non-hydrogen) atoms. The Hall–Kier alpha value is -0.985. The third-order valence-electron chi connectivity index (χ3n) is 3.10. The molecule has 1 heterocycles. The molecule has 2 rings (SSSR count). The summed E-state index contributed by atoms with van der Waals surface area (Å²) >= 11 is 0. The molecule has 0 bridgehead atoms. The van der Waals surface area contributed by atoms with Crippen molar-refractivity contribution in [1.82, 2.24) is 0 Å². The molecule has 0 radical (unpaired) electrons. The van der Waals surface area contributed by atoms with Gasteiger partial charge in [-0.25, -0.2) is 4.39 Å². The Morgan fingerprint density at radius 2 is 2.13 bits per heavy atom. The topological polar surface area (TPSA) is 9.23 Å². The van der Waals surface area contributed by atoms with Crippen molar-refractivity contribution in [3.63, 3.8) is 0 Å². The van der Waals surface area contributed by atoms with Crippen molar-refractivity contribution in [2.45, 2.75) is 33.4 Å². The lowest BCUT2D eigenvalue weighted by molar-refractivity contribution is 0.273. The van der Waals surface area contributed by atoms with Gasteiger partial charge in [-0.05, 0) is 37.0 Å². The van der Waals surface area contributed by atoms with E-state index in [1.165, 1.54) is 5.56 Å². The average molecular weight is 206 g/mol. The Bertz CT molecular complexity index is 388. The van der Waals surface area contributed by atoms with E-state index in [0.29, 0.717) is 19.1 Å². The minimum Gasteiger partial charge on any atom is -0.490 e. The van der Waals surface area contributed by atoms with Crippen LogP contribution < -0.4 is 10.2 Å². The van der Waals surface area contributed by atoms with Crippen molar-refractivity contribution in [1.29, 1.82) is 0 Å². The maximum Gasteiger partial charge on any atom is 0.170 e. The smallest absolute Gasteiger partial charge is 0.170 e. The van der Waals surface area contributed by atoms with Crippen molar-refractivity contribution in [3.05, 3.63) is 23.0 Å². The Kier molecular flexibility index (Phi) is 2.72. The third-order valence-corrected chi connectivity index (χ3v) is 3.10. The van der Waals surface area contributed by atoms with Gasteiger partial charge < -0.3 is 4.74 Å². The van der Waals surface area contributed by atoms with Crippen molar-refractivity contribution in [3.8, 4) is 5.75 Å². The van der Waals surface area contributed by atoms with Gasteiger partial charge in [0.1, 0.15) is 0 Å². The maximum atomic E-state index is 13.7. The van der Waals surface area contributed by atoms with Crippen LogP contribution in [0.15, 0.2) is 6.07 Å². The first-order valence-electron chi connectivity index (χ1n) is 5.56. The van der Waals surface area contributed by atoms with Gasteiger partial charge in [0.15, 0.2) is 18.3 Å². The molecule has 0 aliphatic carbocycles. The second-order valence-electron chi connectivity index (χ2n) is 4.49. The van der Waals surface area contributed by atoms with E-state index in [0.717, 1.165) is 23.9 Å². The quantitative estimate of drug-likeness (QED) is 0.641. The molecule has 1 nitrogen and oxygen atoms in total. The van der Waals surface area contributed by atoms with Crippen LogP contribution >= 0.6 is 0 Å². The fourth-order valence-corrected chi connectivity index (χ4v) is 2.28. The summed E-state index contributed by atoms with van der Waals surface area (Å²) in [5, 5.41) is 0. The third kappa shape index (κ3) is 1.75. The highest BCUT2D eigenvalue weighted by Crippen LogP contribution is 2.29. The van der Waals surface area contributed by atoms with Gasteiger partial charge in [0.2, 0.25) is 0 Å². The van der Waals surface area contributed by atoms with Crippen LogP contribution in [0.25, 0.3) is 0 Å². The first-order chi connectivity index (χ1) is 7.11. The van der Waals surface area contributed by atoms with Crippen LogP contribution in [0.5, 0.6) is 5.75 Å². The molecule has 1 aromatic carbocycles. The fraction of sp³-hybridized carbons (Fsp3) is 0.500. The Labute approximate surface area is 90.7 Å². The lowest BCUT2D eigenvalue weighted by Gasteiger charge is -2.22. The summed E-state index contributed by atoms with van der Waals surface area (Å²) in [6.45, 7) is 7.27. The van der Waals surface area contributed by atoms with Crippen LogP contribution in [0.3, 0.4) is 0 Å². The lowest BCUT2D eigenvalue weighted by atomic mass is 9.48. The van der Waals surface area contributed by atoms with E-state index in [1.807, 2.05) is 0 Å². The number of halogens is 1. The molecule has 3 heteroatoms. The maximum absolute atomic E-state index is 13.7. The van der Waals surface area contributed by atoms with Crippen LogP contribution in [-0.2, 0) is 6.42 Å². The van der Waals surface area contributed by atoms with E-state index >= 15 is 0 Å². The zero-order valence-electron chi connectivity index (χ0n) is 9.56. The number of fused-ring (bicyclic) bond motifs is 1. The van der Waals surface area contributed by atoms with Gasteiger partial charge in [-0.3, -0.25) is 0 Å². The summed E-state index contributed by atoms with van der Waals surface area (Å²) in [4.78, 5) is 0. The van der Waals surface area contributed by atoms with Gasteiger partial charge in [-0.15, -0.1) is 0 Å². The van der Waals surface area contributed by atoms with Gasteiger partial charge in [0.25, 0.3) is 0 Å². The molecule has 0 unspecified atom stereocenters. The average Bonchev–Trinajstić information content (AvgIpc) is 2.23. The molecule has 0 aromatic heterocycles. The summed E-state index contributed by atoms with van der Waals surface area (Å²) in [6, 6.07) is 1.63. The van der Waals surface area contributed by atoms with Crippen molar-refractivity contribution >= 4 is 12.2 Å². The second kappa shape index (κ2) is 3.88. The van der Waals surface area contributed by atoms with Gasteiger partial charge in [0.05, 0.1) is 6.61 Å². The molecule has 80 valence electrons. The van der Waals surface area contributed by atoms with E-state index in [1.54, 1.807) is 6.07 Å². The first-order valence-corrected chi connectivity index (χ1v) is 5.56. The summed E-state index contributed by atoms with van der Waals surface area (Å²) in [7, 11) is 0. The summed E-state index contributed by atoms with van der Waals surface area (Å²) in [5.41, 5.74) is 3.39. The lowest BCUT2D eigenvalue weighted by Crippen LogP contribution is -2.29. The highest BCUT2D eigenvalue weighted by atomic mass is 19.1. The van der Waals surface area contributed by atoms with Gasteiger partial charge >= 0.3 is 0 Å². The van der Waals surface area contributed by atoms with E-state index in [9.17, 15) is 4.39 Å². The Morgan fingerprint density at radius 1 is 1.40 bits per heavy atom. The number of benzene rings is 1. The van der Waals surface area contributed by atoms with Gasteiger partial charge in [0, 0.05) is 0 Å². The zero-order chi connectivity index (χ0) is 11.0. The molecule has 1 aliphatic heterocycles. The minimum atomic E-state index is -0.195. The molecule has 0 spiro atoms.